The fourth-order valence-corrected chi connectivity index (χ4v) is 4.30. The molecule has 0 bridgehead atoms. The number of carbonyl (C=O) groups excluding carboxylic acids is 2. The number of thioether (sulfide) groups is 1. The van der Waals surface area contributed by atoms with E-state index in [1.165, 1.54) is 29.4 Å². The molecule has 3 aromatic heterocycles. The lowest BCUT2D eigenvalue weighted by Gasteiger charge is -2.04. The number of nitrogens with zero attached hydrogens (tertiary/aromatic N) is 2. The zero-order chi connectivity index (χ0) is 16.8. The number of fused-ring (bicyclic) bond motifs is 1. The highest BCUT2D eigenvalue weighted by atomic mass is 32.2. The van der Waals surface area contributed by atoms with Crippen molar-refractivity contribution in [1.82, 2.24) is 9.97 Å². The van der Waals surface area contributed by atoms with Crippen LogP contribution in [0.15, 0.2) is 40.3 Å². The molecule has 24 heavy (non-hydrogen) atoms. The van der Waals surface area contributed by atoms with Gasteiger partial charge in [0, 0.05) is 11.8 Å². The molecule has 0 unspecified atom stereocenters. The maximum atomic E-state index is 11.8. The van der Waals surface area contributed by atoms with Crippen LogP contribution in [-0.2, 0) is 9.53 Å². The molecule has 0 N–H and O–H groups in total. The Balaban J connectivity index is 1.38. The number of carbonyl (C=O) groups is 2. The minimum atomic E-state index is -0.300. The number of aromatic nitrogens is 2. The zero-order valence-corrected chi connectivity index (χ0v) is 15.1. The molecule has 0 atom stereocenters. The highest BCUT2D eigenvalue weighted by Crippen LogP contribution is 2.27. The van der Waals surface area contributed by atoms with Gasteiger partial charge in [0.05, 0.1) is 17.2 Å². The van der Waals surface area contributed by atoms with Gasteiger partial charge < -0.3 is 4.74 Å². The van der Waals surface area contributed by atoms with Gasteiger partial charge in [0.15, 0.2) is 5.78 Å². The van der Waals surface area contributed by atoms with Crippen LogP contribution >= 0.6 is 34.4 Å². The fraction of sp³-hybridized carbons (Fsp3) is 0.250. The molecule has 0 spiro atoms. The summed E-state index contributed by atoms with van der Waals surface area (Å²) in [6.07, 6.45) is 2.43. The average molecular weight is 379 g/mol. The van der Waals surface area contributed by atoms with Crippen LogP contribution in [0.3, 0.4) is 0 Å². The summed E-state index contributed by atoms with van der Waals surface area (Å²) in [4.78, 5) is 33.7. The summed E-state index contributed by atoms with van der Waals surface area (Å²) < 4.78 is 5.18. The molecule has 3 heterocycles. The van der Waals surface area contributed by atoms with E-state index in [9.17, 15) is 9.59 Å². The maximum Gasteiger partial charge on any atom is 0.316 e. The lowest BCUT2D eigenvalue weighted by molar-refractivity contribution is -0.140. The quantitative estimate of drug-likeness (QED) is 0.194. The number of hydrogen-bond acceptors (Lipinski definition) is 8. The van der Waals surface area contributed by atoms with E-state index in [2.05, 4.69) is 9.97 Å². The summed E-state index contributed by atoms with van der Waals surface area (Å²) >= 11 is 4.31. The van der Waals surface area contributed by atoms with Crippen molar-refractivity contribution < 1.29 is 14.3 Å². The number of ketones is 1. The third-order valence-corrected chi connectivity index (χ3v) is 5.87. The highest BCUT2D eigenvalue weighted by molar-refractivity contribution is 8.00. The highest BCUT2D eigenvalue weighted by Gasteiger charge is 2.10. The lowest BCUT2D eigenvalue weighted by Crippen LogP contribution is -2.09. The lowest BCUT2D eigenvalue weighted by atomic mass is 10.2. The largest absolute Gasteiger partial charge is 0.465 e. The SMILES string of the molecule is O=C(CSc1ncnc2sccc12)OCCCC(=O)c1cccs1. The van der Waals surface area contributed by atoms with E-state index in [1.54, 1.807) is 11.3 Å². The summed E-state index contributed by atoms with van der Waals surface area (Å²) in [6.45, 7) is 0.258. The molecule has 8 heteroatoms. The Morgan fingerprint density at radius 1 is 1.17 bits per heavy atom. The Morgan fingerprint density at radius 2 is 2.08 bits per heavy atom. The monoisotopic (exact) mass is 378 g/mol. The number of esters is 1. The van der Waals surface area contributed by atoms with E-state index in [0.29, 0.717) is 12.8 Å². The number of Topliss-reactive ketones (excluding diaryl/α,β-unsaturated/α-hetero) is 1. The molecule has 0 amide bonds. The van der Waals surface area contributed by atoms with Crippen molar-refractivity contribution >= 4 is 56.4 Å². The van der Waals surface area contributed by atoms with Gasteiger partial charge in [-0.05, 0) is 29.3 Å². The molecule has 124 valence electrons. The van der Waals surface area contributed by atoms with Crippen molar-refractivity contribution in [2.45, 2.75) is 17.9 Å². The first-order valence-electron chi connectivity index (χ1n) is 7.27. The van der Waals surface area contributed by atoms with Crippen LogP contribution in [0.2, 0.25) is 0 Å². The first-order chi connectivity index (χ1) is 11.7. The van der Waals surface area contributed by atoms with Crippen LogP contribution in [0, 0.1) is 0 Å². The Bertz CT molecular complexity index is 830. The second kappa shape index (κ2) is 8.36. The standard InChI is InChI=1S/C16H14N2O3S3/c19-12(13-4-2-7-22-13)3-1-6-21-14(20)9-24-16-11-5-8-23-15(11)17-10-18-16/h2,4-5,7-8,10H,1,3,6,9H2. The van der Waals surface area contributed by atoms with E-state index in [1.807, 2.05) is 29.0 Å². The molecule has 0 radical (unpaired) electrons. The van der Waals surface area contributed by atoms with Crippen molar-refractivity contribution in [2.75, 3.05) is 12.4 Å². The van der Waals surface area contributed by atoms with Gasteiger partial charge in [0.25, 0.3) is 0 Å². The molecule has 5 nitrogen and oxygen atoms in total. The molecule has 0 aliphatic heterocycles. The van der Waals surface area contributed by atoms with Crippen molar-refractivity contribution in [3.05, 3.63) is 40.2 Å². The van der Waals surface area contributed by atoms with E-state index >= 15 is 0 Å². The number of rotatable bonds is 8. The van der Waals surface area contributed by atoms with Crippen LogP contribution in [0.1, 0.15) is 22.5 Å². The van der Waals surface area contributed by atoms with Crippen molar-refractivity contribution in [2.24, 2.45) is 0 Å². The van der Waals surface area contributed by atoms with Gasteiger partial charge >= 0.3 is 5.97 Å². The minimum absolute atomic E-state index is 0.0938. The van der Waals surface area contributed by atoms with Crippen molar-refractivity contribution in [1.29, 1.82) is 0 Å². The summed E-state index contributed by atoms with van der Waals surface area (Å²) in [5, 5.41) is 5.57. The second-order valence-electron chi connectivity index (χ2n) is 4.83. The molecular weight excluding hydrogens is 364 g/mol. The molecule has 3 rings (SSSR count). The fourth-order valence-electron chi connectivity index (χ4n) is 2.03. The van der Waals surface area contributed by atoms with Crippen LogP contribution in [0.5, 0.6) is 0 Å². The van der Waals surface area contributed by atoms with E-state index in [-0.39, 0.29) is 24.1 Å². The Hall–Kier alpha value is -1.77. The molecule has 0 saturated carbocycles. The van der Waals surface area contributed by atoms with Gasteiger partial charge in [-0.1, -0.05) is 17.8 Å². The second-order valence-corrected chi connectivity index (χ2v) is 7.64. The normalized spacial score (nSPS) is 10.8. The van der Waals surface area contributed by atoms with Crippen LogP contribution in [0.4, 0.5) is 0 Å². The predicted molar refractivity (Wildman–Crippen MR) is 97.0 cm³/mol. The molecule has 0 aliphatic carbocycles. The number of hydrogen-bond donors (Lipinski definition) is 0. The molecule has 0 saturated heterocycles. The smallest absolute Gasteiger partial charge is 0.316 e. The van der Waals surface area contributed by atoms with Gasteiger partial charge in [-0.25, -0.2) is 9.97 Å². The van der Waals surface area contributed by atoms with Crippen LogP contribution in [-0.4, -0.2) is 34.1 Å². The Morgan fingerprint density at radius 3 is 2.92 bits per heavy atom. The van der Waals surface area contributed by atoms with Crippen LogP contribution < -0.4 is 0 Å². The van der Waals surface area contributed by atoms with Gasteiger partial charge in [0.2, 0.25) is 0 Å². The van der Waals surface area contributed by atoms with Crippen molar-refractivity contribution in [3.8, 4) is 0 Å². The maximum absolute atomic E-state index is 11.8. The van der Waals surface area contributed by atoms with Gasteiger partial charge in [-0.15, -0.1) is 22.7 Å². The molecular formula is C16H14N2O3S3. The summed E-state index contributed by atoms with van der Waals surface area (Å²) in [7, 11) is 0. The third kappa shape index (κ3) is 4.40. The number of ether oxygens (including phenoxy) is 1. The van der Waals surface area contributed by atoms with Crippen molar-refractivity contribution in [3.63, 3.8) is 0 Å². The summed E-state index contributed by atoms with van der Waals surface area (Å²) in [5.74, 6) is -0.0114. The third-order valence-electron chi connectivity index (χ3n) is 3.16. The van der Waals surface area contributed by atoms with Gasteiger partial charge in [0.1, 0.15) is 16.2 Å². The average Bonchev–Trinajstić information content (AvgIpc) is 3.27. The van der Waals surface area contributed by atoms with E-state index < -0.39 is 0 Å². The number of thiophene rings is 2. The van der Waals surface area contributed by atoms with Gasteiger partial charge in [-0.2, -0.15) is 0 Å². The molecule has 0 fully saturated rings. The zero-order valence-electron chi connectivity index (χ0n) is 12.6. The Kier molecular flexibility index (Phi) is 5.95. The van der Waals surface area contributed by atoms with E-state index in [4.69, 9.17) is 4.74 Å². The van der Waals surface area contributed by atoms with E-state index in [0.717, 1.165) is 20.1 Å². The first kappa shape index (κ1) is 17.1. The molecule has 3 aromatic rings. The topological polar surface area (TPSA) is 69.2 Å². The van der Waals surface area contributed by atoms with Gasteiger partial charge in [-0.3, -0.25) is 9.59 Å². The molecule has 0 aliphatic rings. The minimum Gasteiger partial charge on any atom is -0.465 e. The van der Waals surface area contributed by atoms with Crippen LogP contribution in [0.25, 0.3) is 10.2 Å². The Labute approximate surface area is 151 Å². The summed E-state index contributed by atoms with van der Waals surface area (Å²) in [5.41, 5.74) is 0. The predicted octanol–water partition coefficient (Wildman–Crippen LogP) is 4.05. The summed E-state index contributed by atoms with van der Waals surface area (Å²) in [6, 6.07) is 5.61. The first-order valence-corrected chi connectivity index (χ1v) is 10.0. The molecule has 0 aromatic carbocycles.